The molecule has 3 rings (SSSR count). The van der Waals surface area contributed by atoms with E-state index >= 15 is 0 Å². The van der Waals surface area contributed by atoms with E-state index in [-0.39, 0.29) is 5.91 Å². The first-order valence-electron chi connectivity index (χ1n) is 7.91. The SMILES string of the molecule is C=C(Nc1ccccc1NC(=O)c1cccc(Cl)c1)c1cccc(Cl)c1. The minimum absolute atomic E-state index is 0.241. The summed E-state index contributed by atoms with van der Waals surface area (Å²) in [5, 5.41) is 7.27. The van der Waals surface area contributed by atoms with E-state index in [1.165, 1.54) is 0 Å². The monoisotopic (exact) mass is 382 g/mol. The molecule has 5 heteroatoms. The number of hydrogen-bond donors (Lipinski definition) is 2. The molecule has 0 spiro atoms. The summed E-state index contributed by atoms with van der Waals surface area (Å²) in [5.41, 5.74) is 3.40. The smallest absolute Gasteiger partial charge is 0.255 e. The predicted octanol–water partition coefficient (Wildman–Crippen LogP) is 6.33. The Morgan fingerprint density at radius 3 is 1.88 bits per heavy atom. The van der Waals surface area contributed by atoms with Gasteiger partial charge in [0.2, 0.25) is 0 Å². The van der Waals surface area contributed by atoms with Crippen molar-refractivity contribution >= 4 is 46.2 Å². The van der Waals surface area contributed by atoms with Gasteiger partial charge in [-0.15, -0.1) is 0 Å². The molecule has 1 amide bonds. The molecule has 0 heterocycles. The minimum Gasteiger partial charge on any atom is -0.354 e. The van der Waals surface area contributed by atoms with E-state index < -0.39 is 0 Å². The van der Waals surface area contributed by atoms with Crippen LogP contribution in [-0.4, -0.2) is 5.91 Å². The molecule has 0 radical (unpaired) electrons. The zero-order valence-electron chi connectivity index (χ0n) is 13.8. The van der Waals surface area contributed by atoms with Crippen LogP contribution in [0.2, 0.25) is 10.0 Å². The maximum Gasteiger partial charge on any atom is 0.255 e. The Morgan fingerprint density at radius 2 is 1.27 bits per heavy atom. The van der Waals surface area contributed by atoms with Gasteiger partial charge in [0.15, 0.2) is 0 Å². The fourth-order valence-corrected chi connectivity index (χ4v) is 2.82. The van der Waals surface area contributed by atoms with Crippen molar-refractivity contribution in [2.45, 2.75) is 0 Å². The third kappa shape index (κ3) is 4.45. The van der Waals surface area contributed by atoms with Crippen LogP contribution in [0, 0.1) is 0 Å². The van der Waals surface area contributed by atoms with E-state index in [2.05, 4.69) is 17.2 Å². The third-order valence-corrected chi connectivity index (χ3v) is 4.19. The van der Waals surface area contributed by atoms with E-state index in [1.54, 1.807) is 30.3 Å². The van der Waals surface area contributed by atoms with E-state index in [0.29, 0.717) is 27.0 Å². The molecule has 3 aromatic rings. The number of anilines is 2. The number of rotatable bonds is 5. The Balaban J connectivity index is 1.80. The Hall–Kier alpha value is -2.75. The first-order valence-corrected chi connectivity index (χ1v) is 8.66. The molecule has 0 unspecified atom stereocenters. The average Bonchev–Trinajstić information content (AvgIpc) is 2.63. The molecule has 2 N–H and O–H groups in total. The molecular weight excluding hydrogens is 367 g/mol. The minimum atomic E-state index is -0.241. The van der Waals surface area contributed by atoms with Gasteiger partial charge in [-0.2, -0.15) is 0 Å². The second kappa shape index (κ2) is 8.09. The van der Waals surface area contributed by atoms with Crippen LogP contribution in [0.3, 0.4) is 0 Å². The number of para-hydroxylation sites is 2. The number of nitrogens with one attached hydrogen (secondary N) is 2. The summed E-state index contributed by atoms with van der Waals surface area (Å²) >= 11 is 12.0. The van der Waals surface area contributed by atoms with Crippen molar-refractivity contribution < 1.29 is 4.79 Å². The molecule has 0 fully saturated rings. The Kier molecular flexibility index (Phi) is 5.61. The van der Waals surface area contributed by atoms with Crippen LogP contribution in [-0.2, 0) is 0 Å². The van der Waals surface area contributed by atoms with Crippen LogP contribution in [0.5, 0.6) is 0 Å². The van der Waals surface area contributed by atoms with Crippen LogP contribution in [0.15, 0.2) is 79.4 Å². The van der Waals surface area contributed by atoms with Crippen molar-refractivity contribution in [1.29, 1.82) is 0 Å². The number of halogens is 2. The van der Waals surface area contributed by atoms with Gasteiger partial charge < -0.3 is 10.6 Å². The third-order valence-electron chi connectivity index (χ3n) is 3.72. The molecule has 130 valence electrons. The average molecular weight is 383 g/mol. The van der Waals surface area contributed by atoms with Crippen molar-refractivity contribution in [3.05, 3.63) is 101 Å². The summed E-state index contributed by atoms with van der Waals surface area (Å²) in [7, 11) is 0. The quantitative estimate of drug-likeness (QED) is 0.541. The highest BCUT2D eigenvalue weighted by atomic mass is 35.5. The highest BCUT2D eigenvalue weighted by Gasteiger charge is 2.10. The maximum absolute atomic E-state index is 12.5. The van der Waals surface area contributed by atoms with Crippen molar-refractivity contribution in [1.82, 2.24) is 0 Å². The second-order valence-electron chi connectivity index (χ2n) is 5.62. The molecule has 3 aromatic carbocycles. The maximum atomic E-state index is 12.5. The van der Waals surface area contributed by atoms with E-state index in [9.17, 15) is 4.79 Å². The van der Waals surface area contributed by atoms with Gasteiger partial charge >= 0.3 is 0 Å². The Labute approximate surface area is 162 Å². The van der Waals surface area contributed by atoms with Gasteiger partial charge in [0.05, 0.1) is 11.4 Å². The topological polar surface area (TPSA) is 41.1 Å². The van der Waals surface area contributed by atoms with Crippen LogP contribution in [0.1, 0.15) is 15.9 Å². The number of benzene rings is 3. The lowest BCUT2D eigenvalue weighted by molar-refractivity contribution is 0.102. The van der Waals surface area contributed by atoms with Gasteiger partial charge in [-0.05, 0) is 48.0 Å². The highest BCUT2D eigenvalue weighted by molar-refractivity contribution is 6.31. The summed E-state index contributed by atoms with van der Waals surface area (Å²) < 4.78 is 0. The van der Waals surface area contributed by atoms with Crippen molar-refractivity contribution in [2.24, 2.45) is 0 Å². The molecule has 0 aliphatic rings. The van der Waals surface area contributed by atoms with E-state index in [4.69, 9.17) is 23.2 Å². The number of carbonyl (C=O) groups excluding carboxylic acids is 1. The van der Waals surface area contributed by atoms with Gasteiger partial charge in [-0.3, -0.25) is 4.79 Å². The number of amides is 1. The largest absolute Gasteiger partial charge is 0.354 e. The van der Waals surface area contributed by atoms with Gasteiger partial charge in [0.1, 0.15) is 0 Å². The molecule has 26 heavy (non-hydrogen) atoms. The molecule has 0 saturated carbocycles. The summed E-state index contributed by atoms with van der Waals surface area (Å²) in [6.45, 7) is 4.05. The first kappa shape index (κ1) is 18.1. The van der Waals surface area contributed by atoms with Gasteiger partial charge in [-0.1, -0.05) is 60.1 Å². The normalized spacial score (nSPS) is 10.2. The number of hydrogen-bond acceptors (Lipinski definition) is 2. The van der Waals surface area contributed by atoms with E-state index in [1.807, 2.05) is 42.5 Å². The van der Waals surface area contributed by atoms with Crippen molar-refractivity contribution in [2.75, 3.05) is 10.6 Å². The number of carbonyl (C=O) groups is 1. The fraction of sp³-hybridized carbons (Fsp3) is 0. The zero-order valence-corrected chi connectivity index (χ0v) is 15.3. The fourth-order valence-electron chi connectivity index (χ4n) is 2.44. The van der Waals surface area contributed by atoms with Crippen LogP contribution in [0.4, 0.5) is 11.4 Å². The zero-order chi connectivity index (χ0) is 18.5. The van der Waals surface area contributed by atoms with Crippen LogP contribution in [0.25, 0.3) is 5.70 Å². The first-order chi connectivity index (χ1) is 12.5. The lowest BCUT2D eigenvalue weighted by atomic mass is 10.1. The molecule has 3 nitrogen and oxygen atoms in total. The summed E-state index contributed by atoms with van der Waals surface area (Å²) in [4.78, 5) is 12.5. The van der Waals surface area contributed by atoms with Crippen molar-refractivity contribution in [3.8, 4) is 0 Å². The predicted molar refractivity (Wildman–Crippen MR) is 110 cm³/mol. The van der Waals surface area contributed by atoms with Crippen LogP contribution >= 0.6 is 23.2 Å². The summed E-state index contributed by atoms with van der Waals surface area (Å²) in [6, 6.07) is 21.6. The molecule has 0 aromatic heterocycles. The van der Waals surface area contributed by atoms with Crippen molar-refractivity contribution in [3.63, 3.8) is 0 Å². The Morgan fingerprint density at radius 1 is 0.731 bits per heavy atom. The molecular formula is C21H16Cl2N2O. The molecule has 0 atom stereocenters. The van der Waals surface area contributed by atoms with Gasteiger partial charge in [0.25, 0.3) is 5.91 Å². The molecule has 0 aliphatic heterocycles. The lowest BCUT2D eigenvalue weighted by Crippen LogP contribution is -2.13. The molecule has 0 saturated heterocycles. The van der Waals surface area contributed by atoms with Crippen LogP contribution < -0.4 is 10.6 Å². The summed E-state index contributed by atoms with van der Waals surface area (Å²) in [6.07, 6.45) is 0. The second-order valence-corrected chi connectivity index (χ2v) is 6.50. The van der Waals surface area contributed by atoms with Gasteiger partial charge in [0, 0.05) is 21.3 Å². The Bertz CT molecular complexity index is 891. The summed E-state index contributed by atoms with van der Waals surface area (Å²) in [5.74, 6) is -0.241. The van der Waals surface area contributed by atoms with E-state index in [0.717, 1.165) is 11.3 Å². The van der Waals surface area contributed by atoms with Gasteiger partial charge in [-0.25, -0.2) is 0 Å². The lowest BCUT2D eigenvalue weighted by Gasteiger charge is -2.15. The molecule has 0 bridgehead atoms. The standard InChI is InChI=1S/C21H16Cl2N2O/c1-14(15-6-4-8-17(22)12-15)24-19-10-2-3-11-20(19)25-21(26)16-7-5-9-18(23)13-16/h2-13,24H,1H2,(H,25,26). The molecule has 0 aliphatic carbocycles. The highest BCUT2D eigenvalue weighted by Crippen LogP contribution is 2.26.